The van der Waals surface area contributed by atoms with Crippen LogP contribution < -0.4 is 19.6 Å². The van der Waals surface area contributed by atoms with Crippen molar-refractivity contribution in [3.05, 3.63) is 426 Å². The molecule has 0 aliphatic carbocycles. The van der Waals surface area contributed by atoms with Gasteiger partial charge in [-0.2, -0.15) is 0 Å². The zero-order valence-corrected chi connectivity index (χ0v) is 82.7. The molecule has 4 nitrogen and oxygen atoms in total. The number of aryl methyl sites for hydroxylation is 11. The fourth-order valence-corrected chi connectivity index (χ4v) is 22.5. The van der Waals surface area contributed by atoms with Crippen LogP contribution in [-0.2, 0) is 6.42 Å². The Morgan fingerprint density at radius 1 is 0.237 bits per heavy atom. The first-order valence-corrected chi connectivity index (χ1v) is 48.9. The smallest absolute Gasteiger partial charge is 0.0543 e. The number of fused-ring (bicyclic) bond motifs is 6. The monoisotopic (exact) mass is 1750 g/mol. The Kier molecular flexibility index (Phi) is 22.0. The van der Waals surface area contributed by atoms with Crippen LogP contribution in [0.5, 0.6) is 0 Å². The minimum atomic E-state index is -0.121. The number of nitrogens with zero attached hydrogens (tertiary/aromatic N) is 4. The van der Waals surface area contributed by atoms with Crippen molar-refractivity contribution in [2.24, 2.45) is 0 Å². The van der Waals surface area contributed by atoms with Crippen molar-refractivity contribution in [3.63, 3.8) is 0 Å². The lowest BCUT2D eigenvalue weighted by Gasteiger charge is -2.34. The van der Waals surface area contributed by atoms with Gasteiger partial charge in [0, 0.05) is 73.0 Å². The lowest BCUT2D eigenvalue weighted by molar-refractivity contribution is 0.875. The van der Waals surface area contributed by atoms with E-state index in [1.807, 2.05) is 0 Å². The molecule has 0 spiro atoms. The van der Waals surface area contributed by atoms with Crippen LogP contribution in [0.3, 0.4) is 0 Å². The fourth-order valence-electron chi connectivity index (χ4n) is 22.5. The molecule has 0 saturated heterocycles. The molecule has 21 rings (SSSR count). The van der Waals surface area contributed by atoms with Gasteiger partial charge >= 0.3 is 0 Å². The van der Waals surface area contributed by atoms with Crippen molar-refractivity contribution in [1.82, 2.24) is 0 Å². The van der Waals surface area contributed by atoms with E-state index in [1.54, 1.807) is 0 Å². The summed E-state index contributed by atoms with van der Waals surface area (Å²) in [5.41, 5.74) is 51.4. The molecule has 20 aromatic carbocycles. The third kappa shape index (κ3) is 14.9. The molecule has 1 heterocycles. The second kappa shape index (κ2) is 34.0. The Hall–Kier alpha value is -14.3. The maximum atomic E-state index is 2.66. The Morgan fingerprint density at radius 2 is 0.570 bits per heavy atom. The number of anilines is 12. The molecule has 1 aliphatic rings. The second-order valence-corrected chi connectivity index (χ2v) is 40.5. The van der Waals surface area contributed by atoms with E-state index in [-0.39, 0.29) is 23.7 Å². The van der Waals surface area contributed by atoms with Gasteiger partial charge in [-0.15, -0.1) is 0 Å². The molecule has 1 atom stereocenters. The summed E-state index contributed by atoms with van der Waals surface area (Å²) in [5, 5.41) is 15.3. The van der Waals surface area contributed by atoms with E-state index < -0.39 is 0 Å². The van der Waals surface area contributed by atoms with Gasteiger partial charge in [0.1, 0.15) is 0 Å². The molecule has 0 amide bonds. The molecular weight excluding hydrogens is 1630 g/mol. The molecule has 1 aliphatic heterocycles. The molecule has 666 valence electrons. The highest BCUT2D eigenvalue weighted by molar-refractivity contribution is 6.31. The Morgan fingerprint density at radius 3 is 0.985 bits per heavy atom. The van der Waals surface area contributed by atoms with Crippen LogP contribution >= 0.6 is 0 Å². The third-order valence-electron chi connectivity index (χ3n) is 31.0. The van der Waals surface area contributed by atoms with E-state index in [9.17, 15) is 0 Å². The van der Waals surface area contributed by atoms with E-state index in [4.69, 9.17) is 0 Å². The van der Waals surface area contributed by atoms with Crippen LogP contribution in [0.25, 0.3) is 109 Å². The molecule has 0 aromatic heterocycles. The molecule has 4 heteroatoms. The highest BCUT2D eigenvalue weighted by Gasteiger charge is 2.34. The zero-order valence-electron chi connectivity index (χ0n) is 82.7. The summed E-state index contributed by atoms with van der Waals surface area (Å²) in [6.07, 6.45) is 0.682. The Labute approximate surface area is 799 Å². The van der Waals surface area contributed by atoms with E-state index in [0.29, 0.717) is 6.42 Å². The SMILES string of the molecule is Cc1ccc(-c2ccccc2)cc1N1c2cc(ccc2C)-c2cc(Cc3cc(N(c4cc(C)c(C)c(C)c4)c4cc(C(C)C)c5ccc6c(N(c7cc(C)c(C)c(C)c7)c7cc(C)c(C)c(C)c7)cc(C(C)C)c7ccc4c5c76)cc(C)c3C)cc(c2)C(C)c2cc(N(c3cc(-c4ccccc4)ccc3C)c3cc(-c4ccccc4)ccc3C)c3ccc4c(C(C)C)cc1c1ccc2c3c41. The van der Waals surface area contributed by atoms with Crippen LogP contribution in [0.1, 0.15) is 195 Å². The summed E-state index contributed by atoms with van der Waals surface area (Å²) in [5.74, 6) is 0.477. The van der Waals surface area contributed by atoms with Gasteiger partial charge in [0.25, 0.3) is 0 Å². The maximum absolute atomic E-state index is 2.66. The van der Waals surface area contributed by atoms with E-state index in [0.717, 1.165) is 45.5 Å². The van der Waals surface area contributed by atoms with Gasteiger partial charge in [-0.25, -0.2) is 0 Å². The minimum Gasteiger partial charge on any atom is -0.310 e. The lowest BCUT2D eigenvalue weighted by atomic mass is 9.81. The van der Waals surface area contributed by atoms with Crippen LogP contribution in [0.15, 0.2) is 303 Å². The molecule has 0 radical (unpaired) electrons. The van der Waals surface area contributed by atoms with Crippen LogP contribution in [0.4, 0.5) is 68.2 Å². The molecule has 0 N–H and O–H groups in total. The zero-order chi connectivity index (χ0) is 93.9. The summed E-state index contributed by atoms with van der Waals surface area (Å²) >= 11 is 0. The summed E-state index contributed by atoms with van der Waals surface area (Å²) in [6.45, 7) is 51.4. The number of benzene rings is 20. The van der Waals surface area contributed by atoms with E-state index in [2.05, 4.69) is 475 Å². The summed E-state index contributed by atoms with van der Waals surface area (Å²) < 4.78 is 0. The highest BCUT2D eigenvalue weighted by atomic mass is 15.2. The van der Waals surface area contributed by atoms with Crippen molar-refractivity contribution in [2.45, 2.75) is 182 Å². The Balaban J connectivity index is 0.818. The van der Waals surface area contributed by atoms with Gasteiger partial charge in [0.05, 0.1) is 22.7 Å². The van der Waals surface area contributed by atoms with Gasteiger partial charge in [-0.3, -0.25) is 0 Å². The quantitative estimate of drug-likeness (QED) is 0.0794. The summed E-state index contributed by atoms with van der Waals surface area (Å²) in [6, 6.07) is 119. The van der Waals surface area contributed by atoms with Crippen molar-refractivity contribution in [2.75, 3.05) is 19.6 Å². The minimum absolute atomic E-state index is 0.121. The molecule has 135 heavy (non-hydrogen) atoms. The van der Waals surface area contributed by atoms with Crippen LogP contribution in [0.2, 0.25) is 0 Å². The first-order valence-electron chi connectivity index (χ1n) is 48.9. The maximum Gasteiger partial charge on any atom is 0.0543 e. The number of hydrogen-bond acceptors (Lipinski definition) is 4. The molecule has 1 unspecified atom stereocenters. The van der Waals surface area contributed by atoms with Gasteiger partial charge in [-0.1, -0.05) is 255 Å². The van der Waals surface area contributed by atoms with Gasteiger partial charge in [-0.05, 0) is 435 Å². The first kappa shape index (κ1) is 87.3. The van der Waals surface area contributed by atoms with Gasteiger partial charge in [0.15, 0.2) is 0 Å². The average molecular weight is 1750 g/mol. The summed E-state index contributed by atoms with van der Waals surface area (Å²) in [4.78, 5) is 10.6. The number of hydrogen-bond donors (Lipinski definition) is 0. The number of rotatable bonds is 18. The largest absolute Gasteiger partial charge is 0.310 e. The Bertz CT molecular complexity index is 7960. The van der Waals surface area contributed by atoms with Gasteiger partial charge in [0.2, 0.25) is 0 Å². The summed E-state index contributed by atoms with van der Waals surface area (Å²) in [7, 11) is 0. The average Bonchev–Trinajstić information content (AvgIpc) is 0.691. The standard InChI is InChI=1S/C131H122N4/c1-74(2)116-70-124(132(104-54-81(11)88(18)82(12)55-104)105-56-83(13)89(19)84(14)57-105)112-50-46-109-117(75(3)4)71-125(113-51-47-108(116)128(112)129(109)113)133(106-58-85(15)90(20)86(16)59-106)107-60-87(17)91(21)102(65-107)62-93-61-101-64-103(63-93)100-45-41-80(10)123(69-100)134(120-66-97(42-38-77(120)7)94-32-26-23-27-33-94)126-72-118(76(5)6)110-48-52-115-127(73-119(92(101)22)111-49-53-114(126)130(110)131(111)115)135(121-67-98(43-39-78(121)8)95-34-28-24-29-35-95)122-68-99(44-40-79(122)9)96-36-30-25-31-37-96/h23-61,63-76,92H,62H2,1-22H3. The van der Waals surface area contributed by atoms with Crippen molar-refractivity contribution in [1.29, 1.82) is 0 Å². The van der Waals surface area contributed by atoms with E-state index >= 15 is 0 Å². The molecule has 0 fully saturated rings. The first-order chi connectivity index (χ1) is 65.0. The highest BCUT2D eigenvalue weighted by Crippen LogP contribution is 2.58. The molecule has 20 aromatic rings. The van der Waals surface area contributed by atoms with Crippen LogP contribution in [-0.4, -0.2) is 0 Å². The molecule has 0 saturated carbocycles. The second-order valence-electron chi connectivity index (χ2n) is 40.5. The van der Waals surface area contributed by atoms with Crippen molar-refractivity contribution in [3.8, 4) is 44.5 Å². The normalized spacial score (nSPS) is 12.8. The predicted octanol–water partition coefficient (Wildman–Crippen LogP) is 38.1. The fraction of sp³-hybridized carbons (Fsp3) is 0.206. The third-order valence-corrected chi connectivity index (χ3v) is 31.0. The van der Waals surface area contributed by atoms with E-state index in [1.165, 1.54) is 254 Å². The van der Waals surface area contributed by atoms with Gasteiger partial charge < -0.3 is 19.6 Å². The van der Waals surface area contributed by atoms with Crippen molar-refractivity contribution >= 4 is 133 Å². The van der Waals surface area contributed by atoms with Crippen LogP contribution in [0, 0.1) is 104 Å². The predicted molar refractivity (Wildman–Crippen MR) is 584 cm³/mol. The lowest BCUT2D eigenvalue weighted by Crippen LogP contribution is -2.16. The molecule has 6 bridgehead atoms. The molecular formula is C131H122N4. The topological polar surface area (TPSA) is 13.0 Å². The van der Waals surface area contributed by atoms with Crippen molar-refractivity contribution < 1.29 is 0 Å².